The number of aromatic nitrogens is 6. The predicted octanol–water partition coefficient (Wildman–Crippen LogP) is 9.36. The number of hydrogen-bond acceptors (Lipinski definition) is 13. The zero-order valence-corrected chi connectivity index (χ0v) is 56.3. The number of halogens is 4. The van der Waals surface area contributed by atoms with E-state index in [1.165, 1.54) is 13.1 Å². The van der Waals surface area contributed by atoms with Gasteiger partial charge in [-0.15, -0.1) is 0 Å². The summed E-state index contributed by atoms with van der Waals surface area (Å²) >= 11 is 12.3. The van der Waals surface area contributed by atoms with E-state index in [2.05, 4.69) is 47.3 Å². The second-order valence-corrected chi connectivity index (χ2v) is 28.4. The van der Waals surface area contributed by atoms with Gasteiger partial charge in [-0.1, -0.05) is 35.3 Å². The fraction of sp³-hybridized carbons (Fsp3) is 0.388. The Hall–Kier alpha value is -9.14. The summed E-state index contributed by atoms with van der Waals surface area (Å²) < 4.78 is 56.3. The van der Waals surface area contributed by atoms with E-state index >= 15 is 0 Å². The molecule has 7 N–H and O–H groups in total. The molecule has 7 aromatic rings. The maximum absolute atomic E-state index is 13.9. The van der Waals surface area contributed by atoms with Gasteiger partial charge in [-0.05, 0) is 185 Å². The van der Waals surface area contributed by atoms with Crippen LogP contribution in [0.1, 0.15) is 185 Å². The molecule has 95 heavy (non-hydrogen) atoms. The Bertz CT molecular complexity index is 4490. The molecule has 23 nitrogen and oxygen atoms in total. The van der Waals surface area contributed by atoms with Crippen molar-refractivity contribution in [3.63, 3.8) is 0 Å². The smallest absolute Gasteiger partial charge is 0.293 e. The third kappa shape index (κ3) is 13.7. The zero-order chi connectivity index (χ0) is 69.1. The van der Waals surface area contributed by atoms with Gasteiger partial charge in [0.05, 0.1) is 45.5 Å². The number of nitrogens with zero attached hydrogens (tertiary/aromatic N) is 5. The predicted molar refractivity (Wildman–Crippen MR) is 351 cm³/mol. The molecule has 5 aliphatic rings. The summed E-state index contributed by atoms with van der Waals surface area (Å²) in [5, 5.41) is 27.6. The quantitative estimate of drug-likeness (QED) is 0.0351. The second kappa shape index (κ2) is 26.6. The van der Waals surface area contributed by atoms with Crippen molar-refractivity contribution >= 4 is 103 Å². The number of sulfone groups is 1. The summed E-state index contributed by atoms with van der Waals surface area (Å²) in [6.45, 7) is 18.3. The fourth-order valence-corrected chi connectivity index (χ4v) is 15.5. The number of aryl methyl sites for hydroxylation is 2. The molecular weight excluding hydrogens is 1290 g/mol. The van der Waals surface area contributed by atoms with Crippen LogP contribution in [-0.4, -0.2) is 113 Å². The molecular formula is C67H72Cl2F2N12O11S. The summed E-state index contributed by atoms with van der Waals surface area (Å²) in [6.07, 6.45) is 6.83. The normalized spacial score (nSPS) is 16.3. The van der Waals surface area contributed by atoms with E-state index in [1.54, 1.807) is 81.0 Å². The molecule has 4 aromatic heterocycles. The molecule has 3 aromatic carbocycles. The number of aromatic amines is 1. The zero-order valence-electron chi connectivity index (χ0n) is 54.0. The van der Waals surface area contributed by atoms with Crippen LogP contribution in [0.15, 0.2) is 54.7 Å². The van der Waals surface area contributed by atoms with E-state index in [0.717, 1.165) is 41.8 Å². The van der Waals surface area contributed by atoms with E-state index in [-0.39, 0.29) is 63.5 Å². The van der Waals surface area contributed by atoms with Crippen molar-refractivity contribution in [3.05, 3.63) is 166 Å². The molecule has 1 saturated carbocycles. The lowest BCUT2D eigenvalue weighted by molar-refractivity contribution is -0.118. The van der Waals surface area contributed by atoms with Gasteiger partial charge < -0.3 is 45.6 Å². The second-order valence-electron chi connectivity index (χ2n) is 25.6. The first-order valence-electron chi connectivity index (χ1n) is 31.0. The van der Waals surface area contributed by atoms with Crippen molar-refractivity contribution in [1.82, 2.24) is 45.1 Å². The van der Waals surface area contributed by atoms with Crippen molar-refractivity contribution in [2.45, 2.75) is 157 Å². The number of fused-ring (bicyclic) bond motifs is 3. The molecule has 0 radical (unpaired) electrons. The van der Waals surface area contributed by atoms with Crippen molar-refractivity contribution in [1.29, 1.82) is 0 Å². The molecule has 500 valence electrons. The van der Waals surface area contributed by atoms with Crippen LogP contribution >= 0.6 is 23.2 Å². The molecule has 1 aliphatic carbocycles. The summed E-state index contributed by atoms with van der Waals surface area (Å²) in [4.78, 5) is 116. The van der Waals surface area contributed by atoms with Crippen LogP contribution in [0.25, 0.3) is 0 Å². The standard InChI is InChI=1S/C23H22F2N6O3.C22H24ClN3O5S.C22H26ClN3O3/c1-11-14(24)8-13(9-15(11)25)27-21(33)19-12(2)18(16-4-3-7-31(16)19)20(32)22(34)28-23(5-6-23)17-10-26-30-29-17;1-12-6-7-14(9-15(12)23)24-20(28)18-13(2)17(16-5-4-8-26(16)18)19(27)21(29)25-22(3)10-32(30,31)11-22;1-11(2)24-22(29)20(27)18-14(5)19(26-13(4)7-9-17(18)26)21(28)25-15-8-6-12(3)16(23)10-15/h8-10H,3-7H2,1-2H3,(H,27,33)(H,28,34)(H,26,29,30);6-7,9H,4-5,8,10-11H2,1-3H3,(H,24,28)(H,25,29);6,8,10-11,13H,7,9H2,1-5H3,(H,24,29)(H,25,28)/t;;13-/m..0/s1. The average molecular weight is 1360 g/mol. The van der Waals surface area contributed by atoms with E-state index < -0.39 is 73.5 Å². The number of nitrogens with one attached hydrogen (secondary N) is 7. The summed E-state index contributed by atoms with van der Waals surface area (Å²) in [5.74, 6) is -7.62. The van der Waals surface area contributed by atoms with E-state index in [0.29, 0.717) is 124 Å². The molecule has 12 rings (SSSR count). The number of ketones is 3. The minimum atomic E-state index is -3.18. The van der Waals surface area contributed by atoms with Gasteiger partial charge in [0.25, 0.3) is 52.8 Å². The van der Waals surface area contributed by atoms with Crippen LogP contribution in [0.5, 0.6) is 0 Å². The number of hydrogen-bond donors (Lipinski definition) is 7. The first-order chi connectivity index (χ1) is 44.7. The van der Waals surface area contributed by atoms with Crippen molar-refractivity contribution in [2.24, 2.45) is 0 Å². The highest BCUT2D eigenvalue weighted by atomic mass is 35.5. The fourth-order valence-electron chi connectivity index (χ4n) is 13.1. The summed E-state index contributed by atoms with van der Waals surface area (Å²) in [7, 11) is -3.18. The maximum atomic E-state index is 13.9. The highest BCUT2D eigenvalue weighted by molar-refractivity contribution is 7.93. The summed E-state index contributed by atoms with van der Waals surface area (Å²) in [5.41, 5.74) is 6.68. The first-order valence-corrected chi connectivity index (χ1v) is 33.6. The number of H-pyrrole nitrogens is 1. The van der Waals surface area contributed by atoms with Gasteiger partial charge >= 0.3 is 0 Å². The number of amides is 6. The van der Waals surface area contributed by atoms with Crippen LogP contribution in [0.4, 0.5) is 25.8 Å². The first kappa shape index (κ1) is 68.7. The lowest BCUT2D eigenvalue weighted by Crippen LogP contribution is -2.64. The lowest BCUT2D eigenvalue weighted by atomic mass is 10.0. The molecule has 0 unspecified atom stereocenters. The molecule has 6 amide bonds. The molecule has 1 saturated heterocycles. The van der Waals surface area contributed by atoms with Gasteiger partial charge in [-0.25, -0.2) is 17.2 Å². The van der Waals surface area contributed by atoms with Crippen molar-refractivity contribution in [3.8, 4) is 0 Å². The topological polar surface area (TPSA) is 316 Å². The van der Waals surface area contributed by atoms with Gasteiger partial charge in [0, 0.05) is 74.9 Å². The average Bonchev–Trinajstić information content (AvgIpc) is 1.52. The number of carbonyl (C=O) groups is 9. The van der Waals surface area contributed by atoms with Gasteiger partial charge in [0.15, 0.2) is 9.84 Å². The van der Waals surface area contributed by atoms with Gasteiger partial charge in [0.2, 0.25) is 0 Å². The molecule has 2 fully saturated rings. The number of Topliss-reactive ketones (excluding diaryl/α,β-unsaturated/α-hetero) is 3. The third-order valence-electron chi connectivity index (χ3n) is 17.9. The van der Waals surface area contributed by atoms with Crippen LogP contribution < -0.4 is 31.9 Å². The van der Waals surface area contributed by atoms with Gasteiger partial charge in [0.1, 0.15) is 34.4 Å². The minimum Gasteiger partial charge on any atom is -0.347 e. The Labute approximate surface area is 556 Å². The molecule has 28 heteroatoms. The molecule has 0 spiro atoms. The summed E-state index contributed by atoms with van der Waals surface area (Å²) in [6, 6.07) is 12.5. The Morgan fingerprint density at radius 2 is 1.06 bits per heavy atom. The Balaban J connectivity index is 0.000000156. The molecule has 1 atom stereocenters. The van der Waals surface area contributed by atoms with Crippen molar-refractivity contribution in [2.75, 3.05) is 27.5 Å². The number of carbonyl (C=O) groups excluding carboxylic acids is 9. The van der Waals surface area contributed by atoms with E-state index in [4.69, 9.17) is 23.2 Å². The largest absolute Gasteiger partial charge is 0.347 e. The highest BCUT2D eigenvalue weighted by Gasteiger charge is 2.50. The van der Waals surface area contributed by atoms with Crippen LogP contribution in [-0.2, 0) is 62.1 Å². The SMILES string of the molecule is Cc1c(F)cc(NC(=O)c2c(C)c(C(=O)C(=O)NC3(c4cn[nH]n4)CC3)c3n2CCC3)cc1F.Cc1ccc(NC(=O)c2c(C)c(C(=O)C(=O)NC(C)C)c3n2[C@@H](C)CC3)cc1Cl.Cc1ccc(NC(=O)c2c(C)c(C(=O)C(=O)NC3(C)CS(=O)(=O)C3)c3n2CCC3)cc1Cl. The van der Waals surface area contributed by atoms with E-state index in [1.807, 2.05) is 31.4 Å². The number of anilines is 3. The van der Waals surface area contributed by atoms with Crippen LogP contribution in [0.3, 0.4) is 0 Å². The lowest BCUT2D eigenvalue weighted by Gasteiger charge is -2.38. The third-order valence-corrected chi connectivity index (χ3v) is 20.8. The number of benzene rings is 3. The van der Waals surface area contributed by atoms with E-state index in [9.17, 15) is 60.3 Å². The number of rotatable bonds is 16. The monoisotopic (exact) mass is 1360 g/mol. The maximum Gasteiger partial charge on any atom is 0.293 e. The van der Waals surface area contributed by atoms with Crippen molar-refractivity contribution < 1.29 is 60.3 Å². The molecule has 8 heterocycles. The van der Waals surface area contributed by atoms with Gasteiger partial charge in [-0.3, -0.25) is 43.2 Å². The molecule has 0 bridgehead atoms. The van der Waals surface area contributed by atoms with Crippen LogP contribution in [0.2, 0.25) is 10.0 Å². The Morgan fingerprint density at radius 3 is 1.52 bits per heavy atom. The molecule has 4 aliphatic heterocycles. The Kier molecular flexibility index (Phi) is 19.2. The Morgan fingerprint density at radius 1 is 0.611 bits per heavy atom. The highest BCUT2D eigenvalue weighted by Crippen LogP contribution is 2.45. The van der Waals surface area contributed by atoms with Crippen LogP contribution in [0, 0.1) is 53.2 Å². The minimum absolute atomic E-state index is 0.0348. The van der Waals surface area contributed by atoms with Gasteiger partial charge in [-0.2, -0.15) is 15.4 Å².